The van der Waals surface area contributed by atoms with Crippen molar-refractivity contribution in [1.82, 2.24) is 4.98 Å². The molecule has 0 unspecified atom stereocenters. The van der Waals surface area contributed by atoms with E-state index in [-0.39, 0.29) is 5.91 Å². The first-order valence-corrected chi connectivity index (χ1v) is 4.97. The predicted octanol–water partition coefficient (Wildman–Crippen LogP) is 2.54. The van der Waals surface area contributed by atoms with E-state index in [0.29, 0.717) is 17.3 Å². The van der Waals surface area contributed by atoms with E-state index >= 15 is 0 Å². The molecule has 1 aromatic heterocycles. The number of hydrogen-bond acceptors (Lipinski definition) is 3. The van der Waals surface area contributed by atoms with E-state index in [4.69, 9.17) is 4.42 Å². The molecular formula is C12H12N2O2. The van der Waals surface area contributed by atoms with Gasteiger partial charge in [-0.05, 0) is 19.1 Å². The van der Waals surface area contributed by atoms with Crippen LogP contribution in [0.1, 0.15) is 22.1 Å². The zero-order chi connectivity index (χ0) is 11.5. The lowest BCUT2D eigenvalue weighted by molar-refractivity contribution is 0.102. The molecule has 0 saturated carbocycles. The number of rotatable bonds is 2. The SMILES string of the molecule is Cc1nc(C(=O)Nc2ccccc2)c(C)o1. The first-order valence-electron chi connectivity index (χ1n) is 4.97. The minimum Gasteiger partial charge on any atom is -0.445 e. The lowest BCUT2D eigenvalue weighted by atomic mass is 10.3. The van der Waals surface area contributed by atoms with Crippen LogP contribution in [0.2, 0.25) is 0 Å². The van der Waals surface area contributed by atoms with Gasteiger partial charge in [0.05, 0.1) is 0 Å². The summed E-state index contributed by atoms with van der Waals surface area (Å²) in [6.07, 6.45) is 0. The Morgan fingerprint density at radius 3 is 2.50 bits per heavy atom. The number of benzene rings is 1. The molecule has 0 saturated heterocycles. The highest BCUT2D eigenvalue weighted by Gasteiger charge is 2.15. The zero-order valence-corrected chi connectivity index (χ0v) is 9.15. The van der Waals surface area contributed by atoms with Gasteiger partial charge in [0.2, 0.25) is 0 Å². The van der Waals surface area contributed by atoms with E-state index in [2.05, 4.69) is 10.3 Å². The molecule has 2 rings (SSSR count). The van der Waals surface area contributed by atoms with Crippen molar-refractivity contribution in [2.45, 2.75) is 13.8 Å². The number of oxazole rings is 1. The Hall–Kier alpha value is -2.10. The molecule has 82 valence electrons. The fraction of sp³-hybridized carbons (Fsp3) is 0.167. The normalized spacial score (nSPS) is 10.1. The molecule has 0 aliphatic carbocycles. The van der Waals surface area contributed by atoms with Crippen molar-refractivity contribution in [2.24, 2.45) is 0 Å². The van der Waals surface area contributed by atoms with E-state index in [1.807, 2.05) is 30.3 Å². The second-order valence-electron chi connectivity index (χ2n) is 3.46. The summed E-state index contributed by atoms with van der Waals surface area (Å²) in [7, 11) is 0. The highest BCUT2D eigenvalue weighted by Crippen LogP contribution is 2.12. The summed E-state index contributed by atoms with van der Waals surface area (Å²) >= 11 is 0. The molecule has 0 aliphatic rings. The molecule has 0 spiro atoms. The van der Waals surface area contributed by atoms with Gasteiger partial charge in [-0.3, -0.25) is 4.79 Å². The Bertz CT molecular complexity index is 503. The van der Waals surface area contributed by atoms with Gasteiger partial charge in [-0.15, -0.1) is 0 Å². The first kappa shape index (κ1) is 10.4. The van der Waals surface area contributed by atoms with Gasteiger partial charge in [-0.1, -0.05) is 18.2 Å². The number of aryl methyl sites for hydroxylation is 2. The van der Waals surface area contributed by atoms with Gasteiger partial charge < -0.3 is 9.73 Å². The third-order valence-corrected chi connectivity index (χ3v) is 2.15. The Morgan fingerprint density at radius 1 is 1.25 bits per heavy atom. The van der Waals surface area contributed by atoms with Crippen LogP contribution in [-0.4, -0.2) is 10.9 Å². The number of aromatic nitrogens is 1. The minimum absolute atomic E-state index is 0.249. The monoisotopic (exact) mass is 216 g/mol. The third-order valence-electron chi connectivity index (χ3n) is 2.15. The van der Waals surface area contributed by atoms with Crippen molar-refractivity contribution in [3.63, 3.8) is 0 Å². The van der Waals surface area contributed by atoms with Crippen molar-refractivity contribution in [3.05, 3.63) is 47.7 Å². The Balaban J connectivity index is 2.18. The van der Waals surface area contributed by atoms with E-state index in [1.165, 1.54) is 0 Å². The van der Waals surface area contributed by atoms with Crippen LogP contribution >= 0.6 is 0 Å². The van der Waals surface area contributed by atoms with Gasteiger partial charge in [0, 0.05) is 12.6 Å². The number of hydrogen-bond donors (Lipinski definition) is 1. The average molecular weight is 216 g/mol. The molecule has 1 N–H and O–H groups in total. The number of para-hydroxylation sites is 1. The smallest absolute Gasteiger partial charge is 0.277 e. The van der Waals surface area contributed by atoms with E-state index in [0.717, 1.165) is 5.69 Å². The second kappa shape index (κ2) is 4.18. The molecule has 0 bridgehead atoms. The molecular weight excluding hydrogens is 204 g/mol. The quantitative estimate of drug-likeness (QED) is 0.839. The van der Waals surface area contributed by atoms with Crippen LogP contribution in [0.5, 0.6) is 0 Å². The van der Waals surface area contributed by atoms with Gasteiger partial charge in [0.15, 0.2) is 11.6 Å². The molecule has 4 nitrogen and oxygen atoms in total. The molecule has 0 atom stereocenters. The number of carbonyl (C=O) groups is 1. The minimum atomic E-state index is -0.249. The molecule has 1 aromatic carbocycles. The van der Waals surface area contributed by atoms with Crippen molar-refractivity contribution in [3.8, 4) is 0 Å². The summed E-state index contributed by atoms with van der Waals surface area (Å²) in [5.41, 5.74) is 1.08. The van der Waals surface area contributed by atoms with Crippen molar-refractivity contribution in [2.75, 3.05) is 5.32 Å². The van der Waals surface area contributed by atoms with Crippen LogP contribution in [0.4, 0.5) is 5.69 Å². The van der Waals surface area contributed by atoms with Gasteiger partial charge in [0.1, 0.15) is 5.76 Å². The standard InChI is InChI=1S/C12H12N2O2/c1-8-11(13-9(2)16-8)12(15)14-10-6-4-3-5-7-10/h3-7H,1-2H3,(H,14,15). The first-order chi connectivity index (χ1) is 7.66. The highest BCUT2D eigenvalue weighted by molar-refractivity contribution is 6.03. The molecule has 0 radical (unpaired) electrons. The zero-order valence-electron chi connectivity index (χ0n) is 9.15. The van der Waals surface area contributed by atoms with Crippen LogP contribution in [0, 0.1) is 13.8 Å². The van der Waals surface area contributed by atoms with Crippen LogP contribution in [0.25, 0.3) is 0 Å². The van der Waals surface area contributed by atoms with Gasteiger partial charge in [-0.25, -0.2) is 4.98 Å². The second-order valence-corrected chi connectivity index (χ2v) is 3.46. The maximum Gasteiger partial charge on any atom is 0.277 e. The van der Waals surface area contributed by atoms with Crippen molar-refractivity contribution < 1.29 is 9.21 Å². The fourth-order valence-electron chi connectivity index (χ4n) is 1.45. The number of nitrogens with one attached hydrogen (secondary N) is 1. The molecule has 0 fully saturated rings. The van der Waals surface area contributed by atoms with Gasteiger partial charge in [-0.2, -0.15) is 0 Å². The lowest BCUT2D eigenvalue weighted by Gasteiger charge is -2.02. The summed E-state index contributed by atoms with van der Waals surface area (Å²) in [6, 6.07) is 9.24. The topological polar surface area (TPSA) is 55.1 Å². The fourth-order valence-corrected chi connectivity index (χ4v) is 1.45. The third kappa shape index (κ3) is 2.11. The van der Waals surface area contributed by atoms with Crippen LogP contribution < -0.4 is 5.32 Å². The number of anilines is 1. The maximum atomic E-state index is 11.8. The summed E-state index contributed by atoms with van der Waals surface area (Å²) < 4.78 is 5.20. The predicted molar refractivity (Wildman–Crippen MR) is 60.4 cm³/mol. The number of nitrogens with zero attached hydrogens (tertiary/aromatic N) is 1. The summed E-state index contributed by atoms with van der Waals surface area (Å²) in [4.78, 5) is 15.8. The van der Waals surface area contributed by atoms with Gasteiger partial charge in [0.25, 0.3) is 5.91 Å². The Kier molecular flexibility index (Phi) is 2.72. The average Bonchev–Trinajstić information content (AvgIpc) is 2.59. The van der Waals surface area contributed by atoms with Crippen LogP contribution in [0.15, 0.2) is 34.7 Å². The van der Waals surface area contributed by atoms with E-state index in [1.54, 1.807) is 13.8 Å². The van der Waals surface area contributed by atoms with Crippen molar-refractivity contribution >= 4 is 11.6 Å². The summed E-state index contributed by atoms with van der Waals surface area (Å²) in [5.74, 6) is 0.780. The largest absolute Gasteiger partial charge is 0.445 e. The molecule has 0 aliphatic heterocycles. The van der Waals surface area contributed by atoms with E-state index < -0.39 is 0 Å². The summed E-state index contributed by atoms with van der Waals surface area (Å²) in [6.45, 7) is 3.44. The Labute approximate surface area is 93.3 Å². The summed E-state index contributed by atoms with van der Waals surface area (Å²) in [5, 5.41) is 2.75. The van der Waals surface area contributed by atoms with E-state index in [9.17, 15) is 4.79 Å². The molecule has 2 aromatic rings. The molecule has 4 heteroatoms. The maximum absolute atomic E-state index is 11.8. The van der Waals surface area contributed by atoms with Crippen LogP contribution in [0.3, 0.4) is 0 Å². The number of carbonyl (C=O) groups excluding carboxylic acids is 1. The molecule has 1 heterocycles. The van der Waals surface area contributed by atoms with Gasteiger partial charge >= 0.3 is 0 Å². The number of amides is 1. The lowest BCUT2D eigenvalue weighted by Crippen LogP contribution is -2.13. The molecule has 1 amide bonds. The molecule has 16 heavy (non-hydrogen) atoms. The van der Waals surface area contributed by atoms with Crippen molar-refractivity contribution in [1.29, 1.82) is 0 Å². The highest BCUT2D eigenvalue weighted by atomic mass is 16.4. The Morgan fingerprint density at radius 2 is 1.94 bits per heavy atom. The van der Waals surface area contributed by atoms with Crippen LogP contribution in [-0.2, 0) is 0 Å².